The van der Waals surface area contributed by atoms with Crippen molar-refractivity contribution in [3.05, 3.63) is 0 Å². The van der Waals surface area contributed by atoms with Gasteiger partial charge in [-0.2, -0.15) is 0 Å². The van der Waals surface area contributed by atoms with E-state index in [0.29, 0.717) is 0 Å². The first kappa shape index (κ1) is 9.55. The number of hydrogen-bond acceptors (Lipinski definition) is 4. The van der Waals surface area contributed by atoms with Crippen LogP contribution in [0.3, 0.4) is 0 Å². The van der Waals surface area contributed by atoms with E-state index in [1.165, 1.54) is 0 Å². The second kappa shape index (κ2) is 2.45. The first-order valence-electron chi connectivity index (χ1n) is 0.894. The van der Waals surface area contributed by atoms with E-state index in [-0.39, 0.29) is 11.0 Å². The van der Waals surface area contributed by atoms with Gasteiger partial charge in [-0.1, -0.05) is 0 Å². The molecule has 4 radical (unpaired) electrons. The van der Waals surface area contributed by atoms with Crippen LogP contribution in [0.15, 0.2) is 0 Å². The minimum atomic E-state index is -4.61. The van der Waals surface area contributed by atoms with Gasteiger partial charge in [0.05, 0.1) is 0 Å². The molecule has 0 aromatic heterocycles. The van der Waals surface area contributed by atoms with E-state index in [1.54, 1.807) is 0 Å². The van der Waals surface area contributed by atoms with Gasteiger partial charge < -0.3 is 19.2 Å². The van der Waals surface area contributed by atoms with Crippen molar-refractivity contribution >= 4 is 20.0 Å². The summed E-state index contributed by atoms with van der Waals surface area (Å²) in [7, 11) is -4.61. The molecule has 0 rings (SSSR count). The third kappa shape index (κ3) is 611. The molecule has 0 saturated carbocycles. The summed E-state index contributed by atoms with van der Waals surface area (Å²) in [6, 6.07) is 0. The molecule has 36 valence electrons. The molecule has 0 bridgehead atoms. The topological polar surface area (TPSA) is 80.9 Å². The maximum absolute atomic E-state index is 7.33. The minimum Gasteiger partial charge on any atom is -0.368 e. The van der Waals surface area contributed by atoms with E-state index in [9.17, 15) is 0 Å². The van der Waals surface area contributed by atoms with Gasteiger partial charge in [0.25, 0.3) is 0 Å². The maximum atomic E-state index is 7.33. The molecule has 4 nitrogen and oxygen atoms in total. The van der Waals surface area contributed by atoms with Crippen LogP contribution < -0.4 is 0 Å². The standard InChI is InChI=1S/H4O4Si.Si/c1-5(2,3)4;/h1-4H;. The molecule has 6 heteroatoms. The van der Waals surface area contributed by atoms with Gasteiger partial charge in [-0.05, 0) is 0 Å². The van der Waals surface area contributed by atoms with Crippen LogP contribution in [0.5, 0.6) is 0 Å². The van der Waals surface area contributed by atoms with Gasteiger partial charge in [-0.3, -0.25) is 0 Å². The largest absolute Gasteiger partial charge is 0.668 e. The summed E-state index contributed by atoms with van der Waals surface area (Å²) in [6.07, 6.45) is 0. The molecule has 0 atom stereocenters. The molecule has 0 spiro atoms. The van der Waals surface area contributed by atoms with Crippen LogP contribution in [0, 0.1) is 0 Å². The smallest absolute Gasteiger partial charge is 0.368 e. The van der Waals surface area contributed by atoms with E-state index >= 15 is 0 Å². The van der Waals surface area contributed by atoms with E-state index in [2.05, 4.69) is 0 Å². The quantitative estimate of drug-likeness (QED) is 0.260. The van der Waals surface area contributed by atoms with Crippen molar-refractivity contribution < 1.29 is 19.2 Å². The Morgan fingerprint density at radius 3 is 0.833 bits per heavy atom. The molecule has 0 aliphatic heterocycles. The summed E-state index contributed by atoms with van der Waals surface area (Å²) >= 11 is 0. The monoisotopic (exact) mass is 124 g/mol. The van der Waals surface area contributed by atoms with Crippen LogP contribution in [-0.2, 0) is 0 Å². The fourth-order valence-electron chi connectivity index (χ4n) is 0. The zero-order valence-corrected chi connectivity index (χ0v) is 4.79. The zero-order valence-electron chi connectivity index (χ0n) is 2.79. The average Bonchev–Trinajstić information content (AvgIpc) is 0.722. The van der Waals surface area contributed by atoms with Gasteiger partial charge in [-0.15, -0.1) is 0 Å². The fraction of sp³-hybridized carbons (Fsp3) is 0. The molecular formula is H4O4Si2. The zero-order chi connectivity index (χ0) is 4.50. The maximum Gasteiger partial charge on any atom is 0.668 e. The molecule has 0 heterocycles. The lowest BCUT2D eigenvalue weighted by molar-refractivity contribution is 0.117. The van der Waals surface area contributed by atoms with Gasteiger partial charge >= 0.3 is 9.05 Å². The lowest BCUT2D eigenvalue weighted by Gasteiger charge is -1.91. The van der Waals surface area contributed by atoms with Crippen LogP contribution in [0.2, 0.25) is 0 Å². The normalized spacial score (nSPS) is 10.0. The van der Waals surface area contributed by atoms with Gasteiger partial charge in [0.15, 0.2) is 0 Å². The van der Waals surface area contributed by atoms with Crippen molar-refractivity contribution in [1.82, 2.24) is 0 Å². The Balaban J connectivity index is 0. The summed E-state index contributed by atoms with van der Waals surface area (Å²) < 4.78 is 0. The van der Waals surface area contributed by atoms with E-state index in [1.807, 2.05) is 0 Å². The lowest BCUT2D eigenvalue weighted by atomic mass is 15.7. The Morgan fingerprint density at radius 2 is 0.833 bits per heavy atom. The SMILES string of the molecule is O[Si](O)(O)O.[Si]. The molecule has 0 amide bonds. The highest BCUT2D eigenvalue weighted by Crippen LogP contribution is 1.67. The highest BCUT2D eigenvalue weighted by atomic mass is 28.4. The Bertz CT molecular complexity index is 21.0. The van der Waals surface area contributed by atoms with Crippen LogP contribution in [-0.4, -0.2) is 39.2 Å². The van der Waals surface area contributed by atoms with Crippen molar-refractivity contribution in [2.45, 2.75) is 0 Å². The fourth-order valence-corrected chi connectivity index (χ4v) is 0. The van der Waals surface area contributed by atoms with Gasteiger partial charge in [0.2, 0.25) is 0 Å². The second-order valence-corrected chi connectivity index (χ2v) is 1.80. The predicted octanol–water partition coefficient (Wildman–Crippen LogP) is -2.99. The molecule has 0 aliphatic carbocycles. The van der Waals surface area contributed by atoms with E-state index in [4.69, 9.17) is 19.2 Å². The molecule has 0 saturated heterocycles. The van der Waals surface area contributed by atoms with Crippen LogP contribution >= 0.6 is 0 Å². The molecule has 0 unspecified atom stereocenters. The highest BCUT2D eigenvalue weighted by Gasteiger charge is 2.22. The highest BCUT2D eigenvalue weighted by molar-refractivity contribution is 6.46. The van der Waals surface area contributed by atoms with Crippen LogP contribution in [0.4, 0.5) is 0 Å². The van der Waals surface area contributed by atoms with Crippen LogP contribution in [0.25, 0.3) is 0 Å². The summed E-state index contributed by atoms with van der Waals surface area (Å²) in [5, 5.41) is 0. The van der Waals surface area contributed by atoms with Gasteiger partial charge in [0, 0.05) is 11.0 Å². The first-order valence-corrected chi connectivity index (χ1v) is 2.68. The summed E-state index contributed by atoms with van der Waals surface area (Å²) in [4.78, 5) is 29.3. The Hall–Kier alpha value is 0.274. The van der Waals surface area contributed by atoms with E-state index < -0.39 is 9.05 Å². The first-order chi connectivity index (χ1) is 2.00. The number of rotatable bonds is 0. The summed E-state index contributed by atoms with van der Waals surface area (Å²) in [5.41, 5.74) is 0. The van der Waals surface area contributed by atoms with Crippen molar-refractivity contribution in [2.24, 2.45) is 0 Å². The Labute approximate surface area is 40.2 Å². The molecule has 0 aliphatic rings. The predicted molar refractivity (Wildman–Crippen MR) is 20.4 cm³/mol. The van der Waals surface area contributed by atoms with Crippen molar-refractivity contribution in [3.63, 3.8) is 0 Å². The molecular weight excluding hydrogens is 120 g/mol. The van der Waals surface area contributed by atoms with Crippen LogP contribution in [0.1, 0.15) is 0 Å². The van der Waals surface area contributed by atoms with Gasteiger partial charge in [0.1, 0.15) is 0 Å². The van der Waals surface area contributed by atoms with Crippen molar-refractivity contribution in [3.8, 4) is 0 Å². The van der Waals surface area contributed by atoms with Crippen molar-refractivity contribution in [2.75, 3.05) is 0 Å². The molecule has 0 fully saturated rings. The number of hydrogen-bond donors (Lipinski definition) is 4. The third-order valence-corrected chi connectivity index (χ3v) is 0. The molecule has 0 aromatic rings. The molecule has 0 aromatic carbocycles. The third-order valence-electron chi connectivity index (χ3n) is 0. The second-order valence-electron chi connectivity index (χ2n) is 0.600. The molecule has 6 heavy (non-hydrogen) atoms. The Morgan fingerprint density at radius 1 is 0.833 bits per heavy atom. The average molecular weight is 124 g/mol. The lowest BCUT2D eigenvalue weighted by Crippen LogP contribution is -2.33. The summed E-state index contributed by atoms with van der Waals surface area (Å²) in [5.74, 6) is 0. The minimum absolute atomic E-state index is 0. The molecule has 4 N–H and O–H groups in total. The van der Waals surface area contributed by atoms with Crippen molar-refractivity contribution in [1.29, 1.82) is 0 Å². The Kier molecular flexibility index (Phi) is 3.90. The summed E-state index contributed by atoms with van der Waals surface area (Å²) in [6.45, 7) is 0. The van der Waals surface area contributed by atoms with Gasteiger partial charge in [-0.25, -0.2) is 0 Å². The van der Waals surface area contributed by atoms with E-state index in [0.717, 1.165) is 0 Å².